The highest BCUT2D eigenvalue weighted by atomic mass is 19.4. The van der Waals surface area contributed by atoms with Gasteiger partial charge in [-0.15, -0.1) is 10.2 Å². The SMILES string of the molecule is CCN(CC)CCCC(C)Nc1ccc(C(F)(F)F)nn1. The van der Waals surface area contributed by atoms with E-state index >= 15 is 0 Å². The zero-order valence-electron chi connectivity index (χ0n) is 12.7. The molecule has 1 aromatic rings. The summed E-state index contributed by atoms with van der Waals surface area (Å²) in [6.45, 7) is 9.33. The highest BCUT2D eigenvalue weighted by Crippen LogP contribution is 2.27. The van der Waals surface area contributed by atoms with Crippen molar-refractivity contribution in [1.82, 2.24) is 15.1 Å². The van der Waals surface area contributed by atoms with Crippen molar-refractivity contribution in [3.05, 3.63) is 17.8 Å². The van der Waals surface area contributed by atoms with Gasteiger partial charge < -0.3 is 10.2 Å². The largest absolute Gasteiger partial charge is 0.435 e. The van der Waals surface area contributed by atoms with E-state index in [-0.39, 0.29) is 6.04 Å². The van der Waals surface area contributed by atoms with Gasteiger partial charge in [-0.25, -0.2) is 0 Å². The molecule has 1 atom stereocenters. The Hall–Kier alpha value is -1.37. The topological polar surface area (TPSA) is 41.0 Å². The molecular weight excluding hydrogens is 281 g/mol. The first-order valence-corrected chi connectivity index (χ1v) is 7.26. The lowest BCUT2D eigenvalue weighted by atomic mass is 10.1. The van der Waals surface area contributed by atoms with E-state index in [1.807, 2.05) is 6.92 Å². The number of hydrogen-bond acceptors (Lipinski definition) is 4. The van der Waals surface area contributed by atoms with E-state index in [9.17, 15) is 13.2 Å². The number of halogens is 3. The standard InChI is InChI=1S/C14H23F3N4/c1-4-21(5-2)10-6-7-11(3)18-13-9-8-12(19-20-13)14(15,16)17/h8-9,11H,4-7,10H2,1-3H3,(H,18,20). The van der Waals surface area contributed by atoms with E-state index in [0.29, 0.717) is 5.82 Å². The molecule has 0 radical (unpaired) electrons. The summed E-state index contributed by atoms with van der Waals surface area (Å²) >= 11 is 0. The van der Waals surface area contributed by atoms with Gasteiger partial charge >= 0.3 is 6.18 Å². The molecule has 1 rings (SSSR count). The highest BCUT2D eigenvalue weighted by molar-refractivity contribution is 5.34. The molecule has 0 saturated carbocycles. The van der Waals surface area contributed by atoms with Gasteiger partial charge in [0, 0.05) is 6.04 Å². The number of nitrogens with zero attached hydrogens (tertiary/aromatic N) is 3. The van der Waals surface area contributed by atoms with Crippen molar-refractivity contribution in [2.24, 2.45) is 0 Å². The molecule has 7 heteroatoms. The van der Waals surface area contributed by atoms with Crippen LogP contribution in [0.1, 0.15) is 39.3 Å². The van der Waals surface area contributed by atoms with Crippen LogP contribution in [0, 0.1) is 0 Å². The minimum Gasteiger partial charge on any atom is -0.366 e. The Morgan fingerprint density at radius 2 is 1.86 bits per heavy atom. The summed E-state index contributed by atoms with van der Waals surface area (Å²) in [6, 6.07) is 2.40. The summed E-state index contributed by atoms with van der Waals surface area (Å²) in [7, 11) is 0. The molecule has 0 aliphatic heterocycles. The Morgan fingerprint density at radius 1 is 1.19 bits per heavy atom. The Bertz CT molecular complexity index is 402. The van der Waals surface area contributed by atoms with Crippen molar-refractivity contribution in [3.8, 4) is 0 Å². The smallest absolute Gasteiger partial charge is 0.366 e. The van der Waals surface area contributed by atoms with Crippen LogP contribution in [0.25, 0.3) is 0 Å². The summed E-state index contributed by atoms with van der Waals surface area (Å²) in [4.78, 5) is 2.34. The molecule has 0 fully saturated rings. The van der Waals surface area contributed by atoms with Gasteiger partial charge in [0.25, 0.3) is 0 Å². The second-order valence-electron chi connectivity index (χ2n) is 5.02. The van der Waals surface area contributed by atoms with Gasteiger partial charge in [0.2, 0.25) is 0 Å². The van der Waals surface area contributed by atoms with Gasteiger partial charge in [0.1, 0.15) is 5.82 Å². The van der Waals surface area contributed by atoms with Crippen molar-refractivity contribution >= 4 is 5.82 Å². The molecule has 0 bridgehead atoms. The summed E-state index contributed by atoms with van der Waals surface area (Å²) < 4.78 is 37.1. The van der Waals surface area contributed by atoms with E-state index in [1.54, 1.807) is 0 Å². The van der Waals surface area contributed by atoms with Crippen molar-refractivity contribution in [1.29, 1.82) is 0 Å². The van der Waals surface area contributed by atoms with Crippen molar-refractivity contribution in [2.45, 2.75) is 45.8 Å². The number of hydrogen-bond donors (Lipinski definition) is 1. The molecule has 1 N–H and O–H groups in total. The fraction of sp³-hybridized carbons (Fsp3) is 0.714. The predicted molar refractivity (Wildman–Crippen MR) is 77.1 cm³/mol. The molecule has 21 heavy (non-hydrogen) atoms. The van der Waals surface area contributed by atoms with Crippen LogP contribution in [0.3, 0.4) is 0 Å². The van der Waals surface area contributed by atoms with Gasteiger partial charge in [0.15, 0.2) is 5.69 Å². The van der Waals surface area contributed by atoms with Crippen molar-refractivity contribution in [3.63, 3.8) is 0 Å². The van der Waals surface area contributed by atoms with Gasteiger partial charge in [-0.05, 0) is 51.5 Å². The first-order valence-electron chi connectivity index (χ1n) is 7.26. The van der Waals surface area contributed by atoms with Crippen molar-refractivity contribution < 1.29 is 13.2 Å². The maximum absolute atomic E-state index is 12.4. The highest BCUT2D eigenvalue weighted by Gasteiger charge is 2.32. The van der Waals surface area contributed by atoms with E-state index in [1.165, 1.54) is 6.07 Å². The van der Waals surface area contributed by atoms with Gasteiger partial charge in [-0.2, -0.15) is 13.2 Å². The van der Waals surface area contributed by atoms with Crippen LogP contribution in [0.15, 0.2) is 12.1 Å². The molecule has 0 saturated heterocycles. The summed E-state index contributed by atoms with van der Waals surface area (Å²) in [5, 5.41) is 9.83. The van der Waals surface area contributed by atoms with E-state index < -0.39 is 11.9 Å². The maximum atomic E-state index is 12.4. The third kappa shape index (κ3) is 6.29. The Kier molecular flexibility index (Phi) is 6.87. The zero-order chi connectivity index (χ0) is 15.9. The fourth-order valence-electron chi connectivity index (χ4n) is 2.05. The zero-order valence-corrected chi connectivity index (χ0v) is 12.7. The maximum Gasteiger partial charge on any atom is 0.435 e. The first kappa shape index (κ1) is 17.7. The summed E-state index contributed by atoms with van der Waals surface area (Å²) in [6.07, 6.45) is -2.48. The Labute approximate surface area is 123 Å². The monoisotopic (exact) mass is 304 g/mol. The Morgan fingerprint density at radius 3 is 2.33 bits per heavy atom. The average molecular weight is 304 g/mol. The second kappa shape index (κ2) is 8.17. The lowest BCUT2D eigenvalue weighted by Crippen LogP contribution is -2.25. The third-order valence-corrected chi connectivity index (χ3v) is 3.36. The predicted octanol–water partition coefficient (Wildman–Crippen LogP) is 3.42. The lowest BCUT2D eigenvalue weighted by Gasteiger charge is -2.20. The third-order valence-electron chi connectivity index (χ3n) is 3.36. The van der Waals surface area contributed by atoms with E-state index in [0.717, 1.165) is 38.5 Å². The van der Waals surface area contributed by atoms with Gasteiger partial charge in [-0.3, -0.25) is 0 Å². The molecule has 0 aromatic carbocycles. The molecule has 4 nitrogen and oxygen atoms in total. The van der Waals surface area contributed by atoms with Crippen LogP contribution in [-0.4, -0.2) is 40.8 Å². The minimum absolute atomic E-state index is 0.145. The summed E-state index contributed by atoms with van der Waals surface area (Å²) in [5.41, 5.74) is -0.970. The first-order chi connectivity index (χ1) is 9.86. The van der Waals surface area contributed by atoms with Gasteiger partial charge in [-0.1, -0.05) is 13.8 Å². The van der Waals surface area contributed by atoms with E-state index in [2.05, 4.69) is 34.3 Å². The normalized spacial score (nSPS) is 13.5. The summed E-state index contributed by atoms with van der Waals surface area (Å²) in [5.74, 6) is 0.373. The second-order valence-corrected chi connectivity index (χ2v) is 5.02. The van der Waals surface area contributed by atoms with Crippen LogP contribution in [0.5, 0.6) is 0 Å². The van der Waals surface area contributed by atoms with Crippen LogP contribution < -0.4 is 5.32 Å². The molecule has 0 aliphatic carbocycles. The molecule has 0 spiro atoms. The molecule has 1 unspecified atom stereocenters. The Balaban J connectivity index is 2.39. The molecule has 0 aliphatic rings. The molecule has 120 valence electrons. The number of aromatic nitrogens is 2. The number of rotatable bonds is 8. The number of anilines is 1. The van der Waals surface area contributed by atoms with E-state index in [4.69, 9.17) is 0 Å². The molecule has 1 aromatic heterocycles. The average Bonchev–Trinajstić information content (AvgIpc) is 2.43. The van der Waals surface area contributed by atoms with Crippen LogP contribution in [-0.2, 0) is 6.18 Å². The van der Waals surface area contributed by atoms with Crippen LogP contribution >= 0.6 is 0 Å². The molecular formula is C14H23F3N4. The quantitative estimate of drug-likeness (QED) is 0.799. The van der Waals surface area contributed by atoms with Crippen molar-refractivity contribution in [2.75, 3.05) is 25.0 Å². The van der Waals surface area contributed by atoms with Crippen LogP contribution in [0.2, 0.25) is 0 Å². The molecule has 1 heterocycles. The number of nitrogens with one attached hydrogen (secondary N) is 1. The van der Waals surface area contributed by atoms with Gasteiger partial charge in [0.05, 0.1) is 0 Å². The van der Waals surface area contributed by atoms with Crippen LogP contribution in [0.4, 0.5) is 19.0 Å². The fourth-order valence-corrected chi connectivity index (χ4v) is 2.05. The number of alkyl halides is 3. The molecule has 0 amide bonds. The minimum atomic E-state index is -4.44. The lowest BCUT2D eigenvalue weighted by molar-refractivity contribution is -0.141.